The maximum Gasteiger partial charge on any atom is 0.251 e. The fourth-order valence-corrected chi connectivity index (χ4v) is 3.13. The van der Waals surface area contributed by atoms with Crippen molar-refractivity contribution in [3.05, 3.63) is 71.4 Å². The van der Waals surface area contributed by atoms with E-state index in [1.807, 2.05) is 24.4 Å². The maximum absolute atomic E-state index is 12.5. The summed E-state index contributed by atoms with van der Waals surface area (Å²) in [6, 6.07) is 15.0. The number of carbonyl (C=O) groups excluding carboxylic acids is 2. The Kier molecular flexibility index (Phi) is 6.48. The number of aromatic nitrogens is 1. The number of aromatic amines is 1. The lowest BCUT2D eigenvalue weighted by atomic mass is 10.1. The Balaban J connectivity index is 1.55. The van der Waals surface area contributed by atoms with Crippen LogP contribution in [0.3, 0.4) is 0 Å². The first-order valence-electron chi connectivity index (χ1n) is 9.76. The summed E-state index contributed by atoms with van der Waals surface area (Å²) in [5.41, 5.74) is 3.28. The molecule has 1 aromatic heterocycles. The number of amides is 2. The molecule has 146 valence electrons. The average molecular weight is 377 g/mol. The predicted molar refractivity (Wildman–Crippen MR) is 113 cm³/mol. The molecule has 0 saturated heterocycles. The van der Waals surface area contributed by atoms with Gasteiger partial charge in [-0.25, -0.2) is 0 Å². The van der Waals surface area contributed by atoms with E-state index in [0.29, 0.717) is 30.1 Å². The van der Waals surface area contributed by atoms with E-state index in [9.17, 15) is 9.59 Å². The third-order valence-corrected chi connectivity index (χ3v) is 4.75. The van der Waals surface area contributed by atoms with Gasteiger partial charge in [-0.15, -0.1) is 0 Å². The summed E-state index contributed by atoms with van der Waals surface area (Å²) in [5.74, 6) is 0.223. The van der Waals surface area contributed by atoms with Gasteiger partial charge in [0.15, 0.2) is 0 Å². The number of hydrogen-bond donors (Lipinski definition) is 3. The highest BCUT2D eigenvalue weighted by Gasteiger charge is 2.11. The molecule has 0 atom stereocenters. The van der Waals surface area contributed by atoms with Crippen LogP contribution in [0, 0.1) is 5.92 Å². The third kappa shape index (κ3) is 5.00. The van der Waals surface area contributed by atoms with Crippen molar-refractivity contribution in [3.63, 3.8) is 0 Å². The zero-order valence-corrected chi connectivity index (χ0v) is 16.4. The van der Waals surface area contributed by atoms with E-state index >= 15 is 0 Å². The van der Waals surface area contributed by atoms with Gasteiger partial charge in [0.05, 0.1) is 0 Å². The summed E-state index contributed by atoms with van der Waals surface area (Å²) in [6.45, 7) is 5.41. The lowest BCUT2D eigenvalue weighted by molar-refractivity contribution is 0.0951. The third-order valence-electron chi connectivity index (χ3n) is 4.75. The molecule has 0 aliphatic heterocycles. The normalized spacial score (nSPS) is 11.0. The van der Waals surface area contributed by atoms with Gasteiger partial charge in [-0.05, 0) is 48.6 Å². The Bertz CT molecular complexity index is 959. The molecule has 0 unspecified atom stereocenters. The lowest BCUT2D eigenvalue weighted by Gasteiger charge is -2.09. The van der Waals surface area contributed by atoms with Gasteiger partial charge in [-0.2, -0.15) is 0 Å². The molecule has 28 heavy (non-hydrogen) atoms. The van der Waals surface area contributed by atoms with Crippen LogP contribution in [-0.4, -0.2) is 29.9 Å². The molecule has 5 nitrogen and oxygen atoms in total. The monoisotopic (exact) mass is 377 g/mol. The maximum atomic E-state index is 12.5. The summed E-state index contributed by atoms with van der Waals surface area (Å²) in [5, 5.41) is 7.02. The topological polar surface area (TPSA) is 74.0 Å². The summed E-state index contributed by atoms with van der Waals surface area (Å²) in [7, 11) is 0. The van der Waals surface area contributed by atoms with Crippen molar-refractivity contribution in [1.82, 2.24) is 15.6 Å². The van der Waals surface area contributed by atoms with Crippen LogP contribution in [0.25, 0.3) is 10.9 Å². The molecule has 0 radical (unpaired) electrons. The largest absolute Gasteiger partial charge is 0.361 e. The Labute approximate surface area is 165 Å². The molecule has 1 heterocycles. The molecule has 0 aliphatic carbocycles. The van der Waals surface area contributed by atoms with Crippen LogP contribution in [-0.2, 0) is 6.42 Å². The van der Waals surface area contributed by atoms with Gasteiger partial charge in [0.1, 0.15) is 0 Å². The molecule has 2 aromatic carbocycles. The van der Waals surface area contributed by atoms with Crippen molar-refractivity contribution in [2.45, 2.75) is 26.7 Å². The number of H-pyrrole nitrogens is 1. The molecule has 0 bridgehead atoms. The average Bonchev–Trinajstić information content (AvgIpc) is 3.11. The minimum Gasteiger partial charge on any atom is -0.361 e. The van der Waals surface area contributed by atoms with Crippen LogP contribution < -0.4 is 10.6 Å². The van der Waals surface area contributed by atoms with Crippen molar-refractivity contribution >= 4 is 22.7 Å². The Morgan fingerprint density at radius 1 is 0.929 bits per heavy atom. The first-order chi connectivity index (χ1) is 13.5. The van der Waals surface area contributed by atoms with E-state index in [-0.39, 0.29) is 11.8 Å². The predicted octanol–water partition coefficient (Wildman–Crippen LogP) is 3.92. The number of nitrogens with one attached hydrogen (secondary N) is 3. The molecular formula is C23H27N3O2. The van der Waals surface area contributed by atoms with Crippen LogP contribution in [0.4, 0.5) is 0 Å². The van der Waals surface area contributed by atoms with E-state index in [2.05, 4.69) is 35.5 Å². The number of rotatable bonds is 8. The molecular weight excluding hydrogens is 350 g/mol. The second-order valence-electron chi connectivity index (χ2n) is 7.38. The van der Waals surface area contributed by atoms with Crippen molar-refractivity contribution in [1.29, 1.82) is 0 Å². The number of benzene rings is 2. The molecule has 5 heteroatoms. The van der Waals surface area contributed by atoms with Gasteiger partial charge in [0, 0.05) is 41.3 Å². The number of carbonyl (C=O) groups is 2. The van der Waals surface area contributed by atoms with Crippen LogP contribution in [0.1, 0.15) is 46.5 Å². The summed E-state index contributed by atoms with van der Waals surface area (Å²) < 4.78 is 0. The molecule has 0 saturated carbocycles. The second kappa shape index (κ2) is 9.22. The van der Waals surface area contributed by atoms with Gasteiger partial charge in [0.2, 0.25) is 0 Å². The van der Waals surface area contributed by atoms with Crippen LogP contribution >= 0.6 is 0 Å². The standard InChI is InChI=1S/C23H27N3O2/c1-16(2)10-12-24-22(27)17-6-5-7-18(14-17)23(28)25-13-11-19-15-26-21-9-4-3-8-20(19)21/h3-9,14-16,26H,10-13H2,1-2H3,(H,24,27)(H,25,28). The first kappa shape index (κ1) is 19.7. The zero-order valence-electron chi connectivity index (χ0n) is 16.4. The van der Waals surface area contributed by atoms with Gasteiger partial charge < -0.3 is 15.6 Å². The number of hydrogen-bond acceptors (Lipinski definition) is 2. The highest BCUT2D eigenvalue weighted by atomic mass is 16.2. The fourth-order valence-electron chi connectivity index (χ4n) is 3.13. The highest BCUT2D eigenvalue weighted by molar-refractivity contribution is 5.99. The summed E-state index contributed by atoms with van der Waals surface area (Å²) >= 11 is 0. The van der Waals surface area contributed by atoms with E-state index in [4.69, 9.17) is 0 Å². The zero-order chi connectivity index (χ0) is 19.9. The molecule has 0 spiro atoms. The SMILES string of the molecule is CC(C)CCNC(=O)c1cccc(C(=O)NCCc2c[nH]c3ccccc23)c1. The van der Waals surface area contributed by atoms with Gasteiger partial charge in [-0.3, -0.25) is 9.59 Å². The van der Waals surface area contributed by atoms with E-state index < -0.39 is 0 Å². The number of para-hydroxylation sites is 1. The van der Waals surface area contributed by atoms with Crippen molar-refractivity contribution in [2.24, 2.45) is 5.92 Å². The number of fused-ring (bicyclic) bond motifs is 1. The van der Waals surface area contributed by atoms with Crippen LogP contribution in [0.15, 0.2) is 54.7 Å². The van der Waals surface area contributed by atoms with Gasteiger partial charge in [0.25, 0.3) is 11.8 Å². The lowest BCUT2D eigenvalue weighted by Crippen LogP contribution is -2.27. The Morgan fingerprint density at radius 3 is 2.32 bits per heavy atom. The quantitative estimate of drug-likeness (QED) is 0.557. The molecule has 0 fully saturated rings. The molecule has 3 aromatic rings. The Morgan fingerprint density at radius 2 is 1.61 bits per heavy atom. The molecule has 3 rings (SSSR count). The fraction of sp³-hybridized carbons (Fsp3) is 0.304. The van der Waals surface area contributed by atoms with E-state index in [1.165, 1.54) is 10.9 Å². The minimum atomic E-state index is -0.170. The highest BCUT2D eigenvalue weighted by Crippen LogP contribution is 2.17. The van der Waals surface area contributed by atoms with Crippen LogP contribution in [0.5, 0.6) is 0 Å². The van der Waals surface area contributed by atoms with Gasteiger partial charge in [-0.1, -0.05) is 38.1 Å². The Hall–Kier alpha value is -3.08. The molecule has 2 amide bonds. The second-order valence-corrected chi connectivity index (χ2v) is 7.38. The molecule has 0 aliphatic rings. The van der Waals surface area contributed by atoms with E-state index in [1.54, 1.807) is 24.3 Å². The smallest absolute Gasteiger partial charge is 0.251 e. The summed E-state index contributed by atoms with van der Waals surface area (Å²) in [6.07, 6.45) is 3.66. The van der Waals surface area contributed by atoms with Crippen LogP contribution in [0.2, 0.25) is 0 Å². The van der Waals surface area contributed by atoms with E-state index in [0.717, 1.165) is 18.4 Å². The summed E-state index contributed by atoms with van der Waals surface area (Å²) in [4.78, 5) is 28.0. The first-order valence-corrected chi connectivity index (χ1v) is 9.76. The minimum absolute atomic E-state index is 0.144. The van der Waals surface area contributed by atoms with Crippen molar-refractivity contribution < 1.29 is 9.59 Å². The van der Waals surface area contributed by atoms with Gasteiger partial charge >= 0.3 is 0 Å². The van der Waals surface area contributed by atoms with Crippen molar-refractivity contribution in [3.8, 4) is 0 Å². The molecule has 3 N–H and O–H groups in total. The van der Waals surface area contributed by atoms with Crippen molar-refractivity contribution in [2.75, 3.05) is 13.1 Å².